The van der Waals surface area contributed by atoms with Crippen molar-refractivity contribution in [2.45, 2.75) is 23.8 Å². The third-order valence-corrected chi connectivity index (χ3v) is 7.05. The summed E-state index contributed by atoms with van der Waals surface area (Å²) in [5, 5.41) is 6.06. The molecule has 42 heavy (non-hydrogen) atoms. The van der Waals surface area contributed by atoms with Crippen molar-refractivity contribution in [2.24, 2.45) is 0 Å². The van der Waals surface area contributed by atoms with Crippen LogP contribution in [0, 0.1) is 5.82 Å². The predicted octanol–water partition coefficient (Wildman–Crippen LogP) is 5.74. The van der Waals surface area contributed by atoms with E-state index in [2.05, 4.69) is 25.6 Å². The van der Waals surface area contributed by atoms with Crippen LogP contribution in [0.25, 0.3) is 0 Å². The summed E-state index contributed by atoms with van der Waals surface area (Å²) in [4.78, 5) is 41.3. The Labute approximate surface area is 245 Å². The number of carbonyl (C=O) groups is 1. The minimum Gasteiger partial charge on any atom is -0.457 e. The number of halogens is 1. The number of carbonyl (C=O) groups excluding carboxylic acids is 1. The van der Waals surface area contributed by atoms with Crippen LogP contribution in [0.15, 0.2) is 108 Å². The van der Waals surface area contributed by atoms with Crippen molar-refractivity contribution in [3.63, 3.8) is 0 Å². The van der Waals surface area contributed by atoms with E-state index in [-0.39, 0.29) is 24.0 Å². The first-order valence-electron chi connectivity index (χ1n) is 13.1. The van der Waals surface area contributed by atoms with Crippen LogP contribution >= 0.6 is 11.8 Å². The summed E-state index contributed by atoms with van der Waals surface area (Å²) in [5.41, 5.74) is 3.04. The van der Waals surface area contributed by atoms with Crippen LogP contribution in [0.1, 0.15) is 22.4 Å². The molecule has 0 radical (unpaired) electrons. The average Bonchev–Trinajstić information content (AvgIpc) is 3.00. The molecule has 0 saturated carbocycles. The Morgan fingerprint density at radius 3 is 2.36 bits per heavy atom. The van der Waals surface area contributed by atoms with E-state index >= 15 is 0 Å². The quantitative estimate of drug-likeness (QED) is 0.134. The second-order valence-corrected chi connectivity index (χ2v) is 10.2. The number of para-hydroxylation sites is 1. The van der Waals surface area contributed by atoms with Gasteiger partial charge >= 0.3 is 6.03 Å². The number of H-pyrrole nitrogens is 1. The Balaban J connectivity index is 1.21. The summed E-state index contributed by atoms with van der Waals surface area (Å²) in [7, 11) is 0. The molecule has 2 heterocycles. The molecule has 11 heteroatoms. The van der Waals surface area contributed by atoms with Gasteiger partial charge in [0.25, 0.3) is 5.56 Å². The van der Waals surface area contributed by atoms with Crippen LogP contribution in [-0.2, 0) is 18.6 Å². The minimum absolute atomic E-state index is 0.248. The highest BCUT2D eigenvalue weighted by Crippen LogP contribution is 2.23. The van der Waals surface area contributed by atoms with Crippen molar-refractivity contribution in [2.75, 3.05) is 11.9 Å². The molecule has 2 amide bonds. The summed E-state index contributed by atoms with van der Waals surface area (Å²) >= 11 is 1.34. The highest BCUT2D eigenvalue weighted by atomic mass is 32.2. The Kier molecular flexibility index (Phi) is 9.53. The average molecular weight is 583 g/mol. The number of thioether (sulfide) groups is 1. The second kappa shape index (κ2) is 14.0. The molecule has 0 aliphatic rings. The van der Waals surface area contributed by atoms with Crippen LogP contribution in [0.5, 0.6) is 11.5 Å². The van der Waals surface area contributed by atoms with E-state index < -0.39 is 0 Å². The molecule has 5 rings (SSSR count). The van der Waals surface area contributed by atoms with Gasteiger partial charge in [0.05, 0.1) is 5.69 Å². The van der Waals surface area contributed by atoms with E-state index in [1.165, 1.54) is 30.2 Å². The van der Waals surface area contributed by atoms with Crippen molar-refractivity contribution in [1.29, 1.82) is 0 Å². The number of rotatable bonds is 11. The molecule has 0 unspecified atom stereocenters. The van der Waals surface area contributed by atoms with Gasteiger partial charge in [-0.15, -0.1) is 0 Å². The summed E-state index contributed by atoms with van der Waals surface area (Å²) in [6, 6.07) is 22.3. The summed E-state index contributed by atoms with van der Waals surface area (Å²) in [5.74, 6) is 1.57. The van der Waals surface area contributed by atoms with Crippen molar-refractivity contribution in [3.8, 4) is 11.5 Å². The number of nitrogens with zero attached hydrogens (tertiary/aromatic N) is 3. The molecule has 0 spiro atoms. The molecule has 0 saturated heterocycles. The number of benzene rings is 3. The molecule has 9 nitrogen and oxygen atoms in total. The standard InChI is InChI=1S/C31H27FN6O3S/c32-23-8-6-21(7-9-23)19-42-31-37-28(27(29(39)38-31)16-22-17-33-20-34-18-22)14-15-35-30(40)36-24-10-12-26(13-11-24)41-25-4-2-1-3-5-25/h1-13,17-18,20H,14-16,19H2,(H2,35,36,40)(H,37,38,39). The van der Waals surface area contributed by atoms with Gasteiger partial charge in [-0.3, -0.25) is 4.79 Å². The lowest BCUT2D eigenvalue weighted by Gasteiger charge is -2.12. The minimum atomic E-state index is -0.388. The van der Waals surface area contributed by atoms with Gasteiger partial charge < -0.3 is 20.4 Å². The van der Waals surface area contributed by atoms with Gasteiger partial charge in [-0.05, 0) is 59.7 Å². The normalized spacial score (nSPS) is 10.7. The zero-order chi connectivity index (χ0) is 29.1. The number of urea groups is 1. The fourth-order valence-corrected chi connectivity index (χ4v) is 4.87. The molecule has 0 aliphatic heterocycles. The first kappa shape index (κ1) is 28.5. The SMILES string of the molecule is O=C(NCCc1nc(SCc2ccc(F)cc2)[nH]c(=O)c1Cc1cncnc1)Nc1ccc(Oc2ccccc2)cc1. The van der Waals surface area contributed by atoms with E-state index in [4.69, 9.17) is 9.72 Å². The number of aromatic nitrogens is 4. The lowest BCUT2D eigenvalue weighted by molar-refractivity contribution is 0.252. The van der Waals surface area contributed by atoms with Crippen molar-refractivity contribution < 1.29 is 13.9 Å². The van der Waals surface area contributed by atoms with Crippen molar-refractivity contribution in [3.05, 3.63) is 136 Å². The van der Waals surface area contributed by atoms with E-state index in [0.717, 1.165) is 16.9 Å². The van der Waals surface area contributed by atoms with Crippen LogP contribution < -0.4 is 20.9 Å². The van der Waals surface area contributed by atoms with E-state index in [9.17, 15) is 14.0 Å². The third-order valence-electron chi connectivity index (χ3n) is 6.10. The molecule has 3 N–H and O–H groups in total. The van der Waals surface area contributed by atoms with Gasteiger partial charge in [0, 0.05) is 48.8 Å². The smallest absolute Gasteiger partial charge is 0.319 e. The monoisotopic (exact) mass is 582 g/mol. The molecule has 5 aromatic rings. The molecule has 0 atom stereocenters. The summed E-state index contributed by atoms with van der Waals surface area (Å²) in [6.45, 7) is 0.248. The summed E-state index contributed by atoms with van der Waals surface area (Å²) < 4.78 is 19.0. The molecule has 3 aromatic carbocycles. The zero-order valence-corrected chi connectivity index (χ0v) is 23.2. The fraction of sp³-hybridized carbons (Fsp3) is 0.129. The first-order valence-corrected chi connectivity index (χ1v) is 14.1. The molecule has 0 bridgehead atoms. The maximum atomic E-state index is 13.3. The number of anilines is 1. The van der Waals surface area contributed by atoms with Gasteiger partial charge in [-0.1, -0.05) is 42.1 Å². The lowest BCUT2D eigenvalue weighted by atomic mass is 10.1. The lowest BCUT2D eigenvalue weighted by Crippen LogP contribution is -2.31. The molecular weight excluding hydrogens is 555 g/mol. The number of ether oxygens (including phenoxy) is 1. The van der Waals surface area contributed by atoms with Crippen molar-refractivity contribution in [1.82, 2.24) is 25.3 Å². The van der Waals surface area contributed by atoms with E-state index in [1.54, 1.807) is 48.8 Å². The number of nitrogens with one attached hydrogen (secondary N) is 3. The molecular formula is C31H27FN6O3S. The Bertz CT molecular complexity index is 1670. The highest BCUT2D eigenvalue weighted by Gasteiger charge is 2.14. The summed E-state index contributed by atoms with van der Waals surface area (Å²) in [6.07, 6.45) is 5.35. The second-order valence-electron chi connectivity index (χ2n) is 9.21. The van der Waals surface area contributed by atoms with Crippen LogP contribution in [0.2, 0.25) is 0 Å². The molecule has 0 fully saturated rings. The molecule has 0 aliphatic carbocycles. The van der Waals surface area contributed by atoms with Crippen LogP contribution in [0.4, 0.5) is 14.9 Å². The number of amides is 2. The maximum absolute atomic E-state index is 13.3. The third kappa shape index (κ3) is 8.24. The van der Waals surface area contributed by atoms with Gasteiger partial charge in [-0.2, -0.15) is 0 Å². The number of hydrogen-bond donors (Lipinski definition) is 3. The van der Waals surface area contributed by atoms with Crippen LogP contribution in [-0.4, -0.2) is 32.5 Å². The Morgan fingerprint density at radius 2 is 1.62 bits per heavy atom. The maximum Gasteiger partial charge on any atom is 0.319 e. The first-order chi connectivity index (χ1) is 20.5. The van der Waals surface area contributed by atoms with Gasteiger partial charge in [0.15, 0.2) is 5.16 Å². The van der Waals surface area contributed by atoms with Crippen LogP contribution in [0.3, 0.4) is 0 Å². The van der Waals surface area contributed by atoms with E-state index in [1.807, 2.05) is 30.3 Å². The predicted molar refractivity (Wildman–Crippen MR) is 159 cm³/mol. The van der Waals surface area contributed by atoms with Gasteiger partial charge in [0.2, 0.25) is 0 Å². The Hall–Kier alpha value is -5.03. The molecule has 212 valence electrons. The highest BCUT2D eigenvalue weighted by molar-refractivity contribution is 7.98. The topological polar surface area (TPSA) is 122 Å². The van der Waals surface area contributed by atoms with Crippen molar-refractivity contribution >= 4 is 23.5 Å². The fourth-order valence-electron chi connectivity index (χ4n) is 4.04. The molecule has 2 aromatic heterocycles. The number of aromatic amines is 1. The largest absolute Gasteiger partial charge is 0.457 e. The zero-order valence-electron chi connectivity index (χ0n) is 22.4. The Morgan fingerprint density at radius 1 is 0.905 bits per heavy atom. The van der Waals surface area contributed by atoms with Gasteiger partial charge in [0.1, 0.15) is 23.6 Å². The van der Waals surface area contributed by atoms with E-state index in [0.29, 0.717) is 46.4 Å². The number of hydrogen-bond acceptors (Lipinski definition) is 7. The van der Waals surface area contributed by atoms with Gasteiger partial charge in [-0.25, -0.2) is 24.1 Å².